The average molecular weight is 344 g/mol. The zero-order valence-electron chi connectivity index (χ0n) is 15.0. The Balaban J connectivity index is 1.27. The van der Waals surface area contributed by atoms with Crippen LogP contribution in [0, 0.1) is 0 Å². The molecule has 0 bridgehead atoms. The van der Waals surface area contributed by atoms with Crippen molar-refractivity contribution in [3.05, 3.63) is 29.8 Å². The molecule has 0 unspecified atom stereocenters. The Morgan fingerprint density at radius 1 is 1.12 bits per heavy atom. The van der Waals surface area contributed by atoms with Crippen LogP contribution in [0.15, 0.2) is 24.3 Å². The highest BCUT2D eigenvalue weighted by Gasteiger charge is 2.38. The average Bonchev–Trinajstić information content (AvgIpc) is 3.04. The molecule has 1 aromatic rings. The Hall–Kier alpha value is -1.59. The Kier molecular flexibility index (Phi) is 4.95. The van der Waals surface area contributed by atoms with E-state index in [-0.39, 0.29) is 5.91 Å². The fourth-order valence-electron chi connectivity index (χ4n) is 4.22. The van der Waals surface area contributed by atoms with Crippen LogP contribution in [0.3, 0.4) is 0 Å². The summed E-state index contributed by atoms with van der Waals surface area (Å²) in [5.41, 5.74) is 0.728. The van der Waals surface area contributed by atoms with E-state index in [9.17, 15) is 4.79 Å². The second-order valence-electron chi connectivity index (χ2n) is 7.52. The Morgan fingerprint density at radius 2 is 1.84 bits per heavy atom. The third-order valence-corrected chi connectivity index (χ3v) is 5.85. The maximum Gasteiger partial charge on any atom is 0.254 e. The van der Waals surface area contributed by atoms with Gasteiger partial charge in [0.15, 0.2) is 0 Å². The van der Waals surface area contributed by atoms with Crippen LogP contribution >= 0.6 is 0 Å². The highest BCUT2D eigenvalue weighted by atomic mass is 16.5. The van der Waals surface area contributed by atoms with E-state index in [1.807, 2.05) is 29.2 Å². The highest BCUT2D eigenvalue weighted by Crippen LogP contribution is 2.34. The van der Waals surface area contributed by atoms with Gasteiger partial charge < -0.3 is 14.4 Å². The van der Waals surface area contributed by atoms with Crippen LogP contribution in [0.5, 0.6) is 5.75 Å². The van der Waals surface area contributed by atoms with Gasteiger partial charge in [0.1, 0.15) is 11.9 Å². The minimum Gasteiger partial charge on any atom is -0.490 e. The number of benzene rings is 1. The fourth-order valence-corrected chi connectivity index (χ4v) is 4.22. The van der Waals surface area contributed by atoms with E-state index < -0.39 is 0 Å². The lowest BCUT2D eigenvalue weighted by Gasteiger charge is -2.42. The lowest BCUT2D eigenvalue weighted by atomic mass is 9.87. The predicted molar refractivity (Wildman–Crippen MR) is 96.0 cm³/mol. The maximum atomic E-state index is 12.4. The molecule has 3 aliphatic rings. The van der Waals surface area contributed by atoms with Crippen LogP contribution in [0.4, 0.5) is 0 Å². The van der Waals surface area contributed by atoms with Gasteiger partial charge in [0.05, 0.1) is 13.2 Å². The number of likely N-dealkylation sites (tertiary alicyclic amines) is 1. The molecule has 5 heteroatoms. The van der Waals surface area contributed by atoms with Crippen LogP contribution in [-0.4, -0.2) is 66.7 Å². The van der Waals surface area contributed by atoms with Crippen LogP contribution in [-0.2, 0) is 4.74 Å². The molecule has 2 saturated heterocycles. The van der Waals surface area contributed by atoms with Gasteiger partial charge in [-0.05, 0) is 50.6 Å². The number of carbonyl (C=O) groups is 1. The van der Waals surface area contributed by atoms with Gasteiger partial charge in [0.25, 0.3) is 5.91 Å². The summed E-state index contributed by atoms with van der Waals surface area (Å²) in [5.74, 6) is 0.957. The molecular weight excluding hydrogens is 316 g/mol. The molecule has 0 N–H and O–H groups in total. The molecule has 0 radical (unpaired) electrons. The summed E-state index contributed by atoms with van der Waals surface area (Å²) in [6, 6.07) is 9.05. The summed E-state index contributed by atoms with van der Waals surface area (Å²) in [7, 11) is 0. The van der Waals surface area contributed by atoms with Crippen molar-refractivity contribution in [3.63, 3.8) is 0 Å². The van der Waals surface area contributed by atoms with E-state index in [2.05, 4.69) is 11.8 Å². The number of morpholine rings is 1. The van der Waals surface area contributed by atoms with Crippen molar-refractivity contribution in [2.75, 3.05) is 32.8 Å². The molecule has 4 rings (SSSR count). The topological polar surface area (TPSA) is 42.0 Å². The molecule has 1 atom stereocenters. The third-order valence-electron chi connectivity index (χ3n) is 5.85. The quantitative estimate of drug-likeness (QED) is 0.842. The molecule has 1 amide bonds. The lowest BCUT2D eigenvalue weighted by Crippen LogP contribution is -2.50. The minimum absolute atomic E-state index is 0.0848. The number of amides is 1. The smallest absolute Gasteiger partial charge is 0.254 e. The summed E-state index contributed by atoms with van der Waals surface area (Å²) >= 11 is 0. The van der Waals surface area contributed by atoms with E-state index in [4.69, 9.17) is 9.47 Å². The van der Waals surface area contributed by atoms with Crippen molar-refractivity contribution in [1.82, 2.24) is 9.80 Å². The van der Waals surface area contributed by atoms with Gasteiger partial charge in [-0.15, -0.1) is 0 Å². The van der Waals surface area contributed by atoms with Crippen molar-refractivity contribution in [1.29, 1.82) is 0 Å². The van der Waals surface area contributed by atoms with E-state index in [0.29, 0.717) is 38.4 Å². The normalized spacial score (nSPS) is 30.1. The van der Waals surface area contributed by atoms with Crippen molar-refractivity contribution in [2.45, 2.75) is 50.8 Å². The molecule has 1 saturated carbocycles. The standard InChI is InChI=1S/C20H28N2O3/c1-15-3-2-8-22(15)17-13-19(14-17)25-18-6-4-16(5-7-18)20(23)21-9-11-24-12-10-21/h4-7,15,17,19H,2-3,8-14H2,1H3/t15-,17?,19?/m1/s1. The Morgan fingerprint density at radius 3 is 2.48 bits per heavy atom. The number of hydrogen-bond acceptors (Lipinski definition) is 4. The zero-order valence-corrected chi connectivity index (χ0v) is 15.0. The van der Waals surface area contributed by atoms with Gasteiger partial charge in [0, 0.05) is 43.6 Å². The van der Waals surface area contributed by atoms with Crippen molar-refractivity contribution in [3.8, 4) is 5.75 Å². The molecule has 136 valence electrons. The maximum absolute atomic E-state index is 12.4. The van der Waals surface area contributed by atoms with Crippen molar-refractivity contribution >= 4 is 5.91 Å². The molecule has 1 aromatic carbocycles. The van der Waals surface area contributed by atoms with Crippen LogP contribution in [0.25, 0.3) is 0 Å². The van der Waals surface area contributed by atoms with Gasteiger partial charge in [-0.2, -0.15) is 0 Å². The van der Waals surface area contributed by atoms with Crippen LogP contribution < -0.4 is 4.74 Å². The molecule has 2 heterocycles. The number of nitrogens with zero attached hydrogens (tertiary/aromatic N) is 2. The molecule has 2 aliphatic heterocycles. The van der Waals surface area contributed by atoms with Gasteiger partial charge in [0.2, 0.25) is 0 Å². The first-order valence-corrected chi connectivity index (χ1v) is 9.60. The lowest BCUT2D eigenvalue weighted by molar-refractivity contribution is 0.0141. The van der Waals surface area contributed by atoms with Gasteiger partial charge in [-0.25, -0.2) is 0 Å². The Bertz CT molecular complexity index is 591. The van der Waals surface area contributed by atoms with Crippen molar-refractivity contribution < 1.29 is 14.3 Å². The summed E-state index contributed by atoms with van der Waals surface area (Å²) in [6.07, 6.45) is 5.23. The first-order chi connectivity index (χ1) is 12.2. The summed E-state index contributed by atoms with van der Waals surface area (Å²) in [5, 5.41) is 0. The zero-order chi connectivity index (χ0) is 17.2. The van der Waals surface area contributed by atoms with Crippen LogP contribution in [0.1, 0.15) is 43.0 Å². The first kappa shape index (κ1) is 16.9. The van der Waals surface area contributed by atoms with E-state index in [1.165, 1.54) is 19.4 Å². The SMILES string of the molecule is C[C@@H]1CCCN1C1CC(Oc2ccc(C(=O)N3CCOCC3)cc2)C1. The van der Waals surface area contributed by atoms with Crippen LogP contribution in [0.2, 0.25) is 0 Å². The molecule has 0 spiro atoms. The second kappa shape index (κ2) is 7.34. The minimum atomic E-state index is 0.0848. The molecule has 3 fully saturated rings. The molecule has 0 aromatic heterocycles. The summed E-state index contributed by atoms with van der Waals surface area (Å²) in [6.45, 7) is 6.20. The third kappa shape index (κ3) is 3.67. The number of carbonyl (C=O) groups excluding carboxylic acids is 1. The molecular formula is C20H28N2O3. The predicted octanol–water partition coefficient (Wildman–Crippen LogP) is 2.55. The monoisotopic (exact) mass is 344 g/mol. The van der Waals surface area contributed by atoms with Gasteiger partial charge >= 0.3 is 0 Å². The summed E-state index contributed by atoms with van der Waals surface area (Å²) in [4.78, 5) is 16.9. The largest absolute Gasteiger partial charge is 0.490 e. The Labute approximate surface area is 149 Å². The van der Waals surface area contributed by atoms with E-state index >= 15 is 0 Å². The molecule has 1 aliphatic carbocycles. The number of hydrogen-bond donors (Lipinski definition) is 0. The van der Waals surface area contributed by atoms with Crippen molar-refractivity contribution in [2.24, 2.45) is 0 Å². The number of ether oxygens (including phenoxy) is 2. The fraction of sp³-hybridized carbons (Fsp3) is 0.650. The first-order valence-electron chi connectivity index (χ1n) is 9.60. The molecule has 25 heavy (non-hydrogen) atoms. The van der Waals surface area contributed by atoms with E-state index in [1.54, 1.807) is 0 Å². The van der Waals surface area contributed by atoms with Gasteiger partial charge in [-0.1, -0.05) is 0 Å². The number of rotatable bonds is 4. The molecule has 5 nitrogen and oxygen atoms in total. The highest BCUT2D eigenvalue weighted by molar-refractivity contribution is 5.94. The summed E-state index contributed by atoms with van der Waals surface area (Å²) < 4.78 is 11.4. The second-order valence-corrected chi connectivity index (χ2v) is 7.52. The van der Waals surface area contributed by atoms with Gasteiger partial charge in [-0.3, -0.25) is 9.69 Å². The van der Waals surface area contributed by atoms with E-state index in [0.717, 1.165) is 30.2 Å².